The second kappa shape index (κ2) is 5.80. The van der Waals surface area contributed by atoms with E-state index >= 15 is 0 Å². The summed E-state index contributed by atoms with van der Waals surface area (Å²) >= 11 is 5.80. The van der Waals surface area contributed by atoms with Gasteiger partial charge in [-0.05, 0) is 18.2 Å². The van der Waals surface area contributed by atoms with Crippen LogP contribution in [-0.2, 0) is 6.54 Å². The summed E-state index contributed by atoms with van der Waals surface area (Å²) in [5.41, 5.74) is 0.897. The van der Waals surface area contributed by atoms with Gasteiger partial charge in [-0.25, -0.2) is 4.39 Å². The van der Waals surface area contributed by atoms with Gasteiger partial charge >= 0.3 is 0 Å². The van der Waals surface area contributed by atoms with Crippen molar-refractivity contribution in [1.29, 1.82) is 0 Å². The van der Waals surface area contributed by atoms with Crippen LogP contribution in [0.15, 0.2) is 36.4 Å². The highest BCUT2D eigenvalue weighted by Crippen LogP contribution is 2.28. The smallest absolute Gasteiger partial charge is 0.146 e. The molecule has 2 N–H and O–H groups in total. The summed E-state index contributed by atoms with van der Waals surface area (Å²) in [4.78, 5) is 0. The third-order valence-corrected chi connectivity index (χ3v) is 3.02. The molecule has 2 aromatic rings. The normalized spacial score (nSPS) is 10.3. The lowest BCUT2D eigenvalue weighted by Gasteiger charge is -2.11. The molecule has 0 saturated heterocycles. The summed E-state index contributed by atoms with van der Waals surface area (Å²) in [5.74, 6) is 0.168. The van der Waals surface area contributed by atoms with E-state index in [1.807, 2.05) is 0 Å². The predicted molar refractivity (Wildman–Crippen MR) is 73.4 cm³/mol. The third-order valence-electron chi connectivity index (χ3n) is 2.71. The first-order valence-electron chi connectivity index (χ1n) is 5.65. The Kier molecular flexibility index (Phi) is 4.12. The zero-order valence-corrected chi connectivity index (χ0v) is 11.0. The summed E-state index contributed by atoms with van der Waals surface area (Å²) in [5, 5.41) is 12.9. The first kappa shape index (κ1) is 13.5. The Bertz CT molecular complexity index is 590. The minimum atomic E-state index is -0.387. The van der Waals surface area contributed by atoms with E-state index in [2.05, 4.69) is 5.32 Å². The fraction of sp³-hybridized carbons (Fsp3) is 0.143. The van der Waals surface area contributed by atoms with Gasteiger partial charge < -0.3 is 15.2 Å². The van der Waals surface area contributed by atoms with Gasteiger partial charge in [0, 0.05) is 18.2 Å². The molecule has 0 aliphatic heterocycles. The monoisotopic (exact) mass is 281 g/mol. The summed E-state index contributed by atoms with van der Waals surface area (Å²) in [7, 11) is 1.51. The summed E-state index contributed by atoms with van der Waals surface area (Å²) in [6.07, 6.45) is 0. The number of para-hydroxylation sites is 1. The van der Waals surface area contributed by atoms with Gasteiger partial charge in [-0.2, -0.15) is 0 Å². The van der Waals surface area contributed by atoms with Crippen molar-refractivity contribution < 1.29 is 14.2 Å². The Balaban J connectivity index is 2.16. The Labute approximate surface area is 115 Å². The first-order valence-corrected chi connectivity index (χ1v) is 6.03. The van der Waals surface area contributed by atoms with Gasteiger partial charge in [-0.1, -0.05) is 23.7 Å². The van der Waals surface area contributed by atoms with Crippen LogP contribution in [0, 0.1) is 5.82 Å². The number of benzene rings is 2. The Morgan fingerprint density at radius 3 is 2.84 bits per heavy atom. The van der Waals surface area contributed by atoms with E-state index in [0.29, 0.717) is 17.0 Å². The average Bonchev–Trinajstić information content (AvgIpc) is 2.42. The van der Waals surface area contributed by atoms with Gasteiger partial charge in [-0.15, -0.1) is 0 Å². The third kappa shape index (κ3) is 3.09. The highest BCUT2D eigenvalue weighted by Gasteiger charge is 2.07. The number of methoxy groups -OCH3 is 1. The molecule has 0 heterocycles. The number of phenolic OH excluding ortho intramolecular Hbond substituents is 1. The molecule has 0 bridgehead atoms. The molecule has 0 fully saturated rings. The zero-order chi connectivity index (χ0) is 13.8. The number of hydrogen-bond acceptors (Lipinski definition) is 3. The van der Waals surface area contributed by atoms with Crippen LogP contribution >= 0.6 is 11.6 Å². The van der Waals surface area contributed by atoms with Gasteiger partial charge in [-0.3, -0.25) is 0 Å². The number of nitrogens with one attached hydrogen (secondary N) is 1. The summed E-state index contributed by atoms with van der Waals surface area (Å²) < 4.78 is 18.6. The van der Waals surface area contributed by atoms with Crippen molar-refractivity contribution in [2.75, 3.05) is 12.4 Å². The quantitative estimate of drug-likeness (QED) is 0.895. The van der Waals surface area contributed by atoms with E-state index in [4.69, 9.17) is 16.3 Å². The minimum absolute atomic E-state index is 0.0000269. The summed E-state index contributed by atoms with van der Waals surface area (Å²) in [6.45, 7) is 0.260. The SMILES string of the molecule is COc1ccc(F)c(NCc2cccc(Cl)c2O)c1. The van der Waals surface area contributed by atoms with E-state index in [0.717, 1.165) is 0 Å². The number of halogens is 2. The van der Waals surface area contributed by atoms with Gasteiger partial charge in [0.25, 0.3) is 0 Å². The van der Waals surface area contributed by atoms with Crippen molar-refractivity contribution in [3.05, 3.63) is 52.8 Å². The zero-order valence-electron chi connectivity index (χ0n) is 10.3. The van der Waals surface area contributed by atoms with Crippen LogP contribution < -0.4 is 10.1 Å². The minimum Gasteiger partial charge on any atom is -0.506 e. The van der Waals surface area contributed by atoms with Crippen LogP contribution in [0.25, 0.3) is 0 Å². The maximum atomic E-state index is 13.6. The number of aromatic hydroxyl groups is 1. The highest BCUT2D eigenvalue weighted by molar-refractivity contribution is 6.32. The van der Waals surface area contributed by atoms with Crippen LogP contribution in [0.3, 0.4) is 0 Å². The molecule has 0 saturated carbocycles. The van der Waals surface area contributed by atoms with Crippen LogP contribution in [0.5, 0.6) is 11.5 Å². The van der Waals surface area contributed by atoms with E-state index in [-0.39, 0.29) is 23.1 Å². The molecule has 0 unspecified atom stereocenters. The molecule has 0 radical (unpaired) electrons. The van der Waals surface area contributed by atoms with Crippen molar-refractivity contribution >= 4 is 17.3 Å². The molecule has 0 aliphatic carbocycles. The fourth-order valence-corrected chi connectivity index (χ4v) is 1.85. The number of ether oxygens (including phenoxy) is 1. The van der Waals surface area contributed by atoms with Crippen molar-refractivity contribution in [1.82, 2.24) is 0 Å². The standard InChI is InChI=1S/C14H13ClFNO2/c1-19-10-5-6-12(16)13(7-10)17-8-9-3-2-4-11(15)14(9)18/h2-7,17-18H,8H2,1H3. The van der Waals surface area contributed by atoms with E-state index < -0.39 is 0 Å². The van der Waals surface area contributed by atoms with E-state index in [1.54, 1.807) is 24.3 Å². The van der Waals surface area contributed by atoms with Crippen molar-refractivity contribution in [2.24, 2.45) is 0 Å². The summed E-state index contributed by atoms with van der Waals surface area (Å²) in [6, 6.07) is 9.44. The first-order chi connectivity index (χ1) is 9.11. The largest absolute Gasteiger partial charge is 0.506 e. The number of anilines is 1. The van der Waals surface area contributed by atoms with Crippen LogP contribution in [0.2, 0.25) is 5.02 Å². The van der Waals surface area contributed by atoms with E-state index in [1.165, 1.54) is 19.2 Å². The molecule has 0 aromatic heterocycles. The Hall–Kier alpha value is -1.94. The Morgan fingerprint density at radius 1 is 1.32 bits per heavy atom. The van der Waals surface area contributed by atoms with Crippen molar-refractivity contribution in [2.45, 2.75) is 6.54 Å². The van der Waals surface area contributed by atoms with Gasteiger partial charge in [0.05, 0.1) is 17.8 Å². The molecule has 2 rings (SSSR count). The molecular weight excluding hydrogens is 269 g/mol. The number of rotatable bonds is 4. The van der Waals surface area contributed by atoms with Gasteiger partial charge in [0.15, 0.2) is 0 Å². The molecular formula is C14H13ClFNO2. The molecule has 0 aliphatic rings. The maximum Gasteiger partial charge on any atom is 0.146 e. The fourth-order valence-electron chi connectivity index (χ4n) is 1.66. The van der Waals surface area contributed by atoms with Gasteiger partial charge in [0.2, 0.25) is 0 Å². The number of phenols is 1. The lowest BCUT2D eigenvalue weighted by atomic mass is 10.2. The molecule has 0 amide bonds. The second-order valence-corrected chi connectivity index (χ2v) is 4.35. The van der Waals surface area contributed by atoms with Gasteiger partial charge in [0.1, 0.15) is 17.3 Å². The number of hydrogen-bond donors (Lipinski definition) is 2. The topological polar surface area (TPSA) is 41.5 Å². The molecule has 19 heavy (non-hydrogen) atoms. The maximum absolute atomic E-state index is 13.6. The van der Waals surface area contributed by atoms with Crippen LogP contribution in [-0.4, -0.2) is 12.2 Å². The Morgan fingerprint density at radius 2 is 2.11 bits per heavy atom. The molecule has 5 heteroatoms. The molecule has 100 valence electrons. The molecule has 0 atom stereocenters. The molecule has 3 nitrogen and oxygen atoms in total. The highest BCUT2D eigenvalue weighted by atomic mass is 35.5. The average molecular weight is 282 g/mol. The van der Waals surface area contributed by atoms with E-state index in [9.17, 15) is 9.50 Å². The van der Waals surface area contributed by atoms with Crippen LogP contribution in [0.1, 0.15) is 5.56 Å². The lowest BCUT2D eigenvalue weighted by molar-refractivity contribution is 0.414. The molecule has 2 aromatic carbocycles. The van der Waals surface area contributed by atoms with Crippen molar-refractivity contribution in [3.63, 3.8) is 0 Å². The van der Waals surface area contributed by atoms with Crippen molar-refractivity contribution in [3.8, 4) is 11.5 Å². The molecule has 0 spiro atoms. The second-order valence-electron chi connectivity index (χ2n) is 3.95. The predicted octanol–water partition coefficient (Wildman–Crippen LogP) is 3.81. The van der Waals surface area contributed by atoms with Crippen LogP contribution in [0.4, 0.5) is 10.1 Å². The lowest BCUT2D eigenvalue weighted by Crippen LogP contribution is -2.02.